The van der Waals surface area contributed by atoms with Gasteiger partial charge in [0, 0.05) is 23.6 Å². The highest BCUT2D eigenvalue weighted by molar-refractivity contribution is 5.83. The number of alkyl halides is 2. The van der Waals surface area contributed by atoms with Crippen molar-refractivity contribution < 1.29 is 8.78 Å². The number of aromatic nitrogens is 1. The molecule has 0 saturated heterocycles. The van der Waals surface area contributed by atoms with E-state index in [-0.39, 0.29) is 12.0 Å². The number of halogens is 2. The third-order valence-electron chi connectivity index (χ3n) is 3.26. The van der Waals surface area contributed by atoms with Crippen molar-refractivity contribution in [1.82, 2.24) is 4.98 Å². The minimum Gasteiger partial charge on any atom is -0.256 e. The first kappa shape index (κ1) is 12.9. The summed E-state index contributed by atoms with van der Waals surface area (Å²) in [6.07, 6.45) is 1.49. The van der Waals surface area contributed by atoms with Crippen LogP contribution in [0.15, 0.2) is 30.5 Å². The molecule has 0 amide bonds. The summed E-state index contributed by atoms with van der Waals surface area (Å²) in [5.74, 6) is -2.42. The van der Waals surface area contributed by atoms with Crippen LogP contribution in [0, 0.1) is 0 Å². The molecular formula is C15H17F2N. The van der Waals surface area contributed by atoms with Crippen molar-refractivity contribution in [2.45, 2.75) is 39.0 Å². The zero-order valence-corrected chi connectivity index (χ0v) is 10.9. The number of pyridine rings is 1. The zero-order valence-electron chi connectivity index (χ0n) is 10.9. The van der Waals surface area contributed by atoms with E-state index in [0.717, 1.165) is 10.9 Å². The van der Waals surface area contributed by atoms with Gasteiger partial charge in [0.15, 0.2) is 0 Å². The lowest BCUT2D eigenvalue weighted by Gasteiger charge is -2.16. The van der Waals surface area contributed by atoms with E-state index in [1.807, 2.05) is 6.07 Å². The monoisotopic (exact) mass is 249 g/mol. The lowest BCUT2D eigenvalue weighted by molar-refractivity contribution is -0.00816. The van der Waals surface area contributed by atoms with E-state index in [1.54, 1.807) is 12.3 Å². The van der Waals surface area contributed by atoms with Crippen molar-refractivity contribution in [3.63, 3.8) is 0 Å². The van der Waals surface area contributed by atoms with Crippen LogP contribution in [-0.4, -0.2) is 4.98 Å². The number of hydrogen-bond acceptors (Lipinski definition) is 1. The molecule has 0 aliphatic carbocycles. The first-order valence-corrected chi connectivity index (χ1v) is 6.22. The summed E-state index contributed by atoms with van der Waals surface area (Å²) in [4.78, 5) is 4.20. The molecule has 0 aliphatic heterocycles. The summed E-state index contributed by atoms with van der Waals surface area (Å²) in [7, 11) is 0. The Labute approximate surface area is 106 Å². The van der Waals surface area contributed by atoms with Crippen LogP contribution in [-0.2, 0) is 5.92 Å². The van der Waals surface area contributed by atoms with Crippen molar-refractivity contribution in [3.05, 3.63) is 41.6 Å². The summed E-state index contributed by atoms with van der Waals surface area (Å²) >= 11 is 0. The molecule has 0 fully saturated rings. The number of rotatable bonds is 3. The van der Waals surface area contributed by atoms with E-state index >= 15 is 0 Å². The maximum absolute atomic E-state index is 13.6. The molecule has 0 bridgehead atoms. The summed E-state index contributed by atoms with van der Waals surface area (Å²) < 4.78 is 27.3. The van der Waals surface area contributed by atoms with Gasteiger partial charge >= 0.3 is 0 Å². The topological polar surface area (TPSA) is 12.9 Å². The average Bonchev–Trinajstić information content (AvgIpc) is 2.37. The van der Waals surface area contributed by atoms with Gasteiger partial charge in [-0.2, -0.15) is 0 Å². The predicted octanol–water partition coefficient (Wildman–Crippen LogP) is 4.86. The Hall–Kier alpha value is -1.51. The first-order chi connectivity index (χ1) is 8.45. The van der Waals surface area contributed by atoms with Gasteiger partial charge in [0.05, 0.1) is 5.52 Å². The van der Waals surface area contributed by atoms with E-state index in [1.165, 1.54) is 19.1 Å². The normalized spacial score (nSPS) is 12.3. The van der Waals surface area contributed by atoms with Crippen molar-refractivity contribution in [2.24, 2.45) is 0 Å². The van der Waals surface area contributed by atoms with Gasteiger partial charge < -0.3 is 0 Å². The Morgan fingerprint density at radius 2 is 1.94 bits per heavy atom. The Balaban J connectivity index is 2.61. The van der Waals surface area contributed by atoms with Crippen molar-refractivity contribution >= 4 is 10.9 Å². The van der Waals surface area contributed by atoms with Crippen LogP contribution in [0.2, 0.25) is 0 Å². The van der Waals surface area contributed by atoms with Gasteiger partial charge in [0.1, 0.15) is 0 Å². The van der Waals surface area contributed by atoms with Gasteiger partial charge in [-0.15, -0.1) is 0 Å². The maximum atomic E-state index is 13.6. The number of fused-ring (bicyclic) bond motifs is 1. The third-order valence-corrected chi connectivity index (χ3v) is 3.26. The highest BCUT2D eigenvalue weighted by Crippen LogP contribution is 2.34. The molecule has 1 heterocycles. The van der Waals surface area contributed by atoms with Crippen LogP contribution in [0.3, 0.4) is 0 Å². The Bertz CT molecular complexity index is 561. The van der Waals surface area contributed by atoms with Gasteiger partial charge in [0.2, 0.25) is 0 Å². The first-order valence-electron chi connectivity index (χ1n) is 6.22. The Kier molecular flexibility index (Phi) is 3.33. The van der Waals surface area contributed by atoms with Gasteiger partial charge in [-0.3, -0.25) is 4.98 Å². The largest absolute Gasteiger partial charge is 0.273 e. The standard InChI is InChI=1S/C15H17F2N/c1-4-15(16,17)11-5-6-13-12(10(2)3)7-8-18-14(13)9-11/h5-10H,4H2,1-3H3. The second kappa shape index (κ2) is 4.63. The summed E-state index contributed by atoms with van der Waals surface area (Å²) in [6.45, 7) is 5.66. The van der Waals surface area contributed by atoms with E-state index in [4.69, 9.17) is 0 Å². The Morgan fingerprint density at radius 3 is 2.56 bits per heavy atom. The summed E-state index contributed by atoms with van der Waals surface area (Å²) in [5.41, 5.74) is 1.84. The van der Waals surface area contributed by atoms with E-state index in [2.05, 4.69) is 18.8 Å². The van der Waals surface area contributed by atoms with Gasteiger partial charge in [-0.05, 0) is 23.6 Å². The maximum Gasteiger partial charge on any atom is 0.273 e. The van der Waals surface area contributed by atoms with Gasteiger partial charge in [-0.25, -0.2) is 8.78 Å². The molecule has 1 nitrogen and oxygen atoms in total. The summed E-state index contributed by atoms with van der Waals surface area (Å²) in [6, 6.07) is 6.73. The van der Waals surface area contributed by atoms with Crippen LogP contribution in [0.5, 0.6) is 0 Å². The molecule has 18 heavy (non-hydrogen) atoms. The van der Waals surface area contributed by atoms with E-state index < -0.39 is 5.92 Å². The fraction of sp³-hybridized carbons (Fsp3) is 0.400. The SMILES string of the molecule is CCC(F)(F)c1ccc2c(C(C)C)ccnc2c1. The second-order valence-electron chi connectivity index (χ2n) is 4.84. The number of benzene rings is 1. The molecule has 2 aromatic rings. The van der Waals surface area contributed by atoms with Gasteiger partial charge in [-0.1, -0.05) is 32.9 Å². The predicted molar refractivity (Wildman–Crippen MR) is 70.0 cm³/mol. The molecule has 96 valence electrons. The lowest BCUT2D eigenvalue weighted by atomic mass is 9.96. The van der Waals surface area contributed by atoms with Crippen molar-refractivity contribution in [2.75, 3.05) is 0 Å². The van der Waals surface area contributed by atoms with Crippen molar-refractivity contribution in [1.29, 1.82) is 0 Å². The van der Waals surface area contributed by atoms with E-state index in [0.29, 0.717) is 11.4 Å². The van der Waals surface area contributed by atoms with Gasteiger partial charge in [0.25, 0.3) is 5.92 Å². The molecule has 0 spiro atoms. The molecule has 0 aliphatic rings. The lowest BCUT2D eigenvalue weighted by Crippen LogP contribution is -2.11. The smallest absolute Gasteiger partial charge is 0.256 e. The van der Waals surface area contributed by atoms with E-state index in [9.17, 15) is 8.78 Å². The molecule has 1 aromatic heterocycles. The summed E-state index contributed by atoms with van der Waals surface area (Å²) in [5, 5.41) is 0.961. The zero-order chi connectivity index (χ0) is 13.3. The minimum absolute atomic E-state index is 0.0471. The quantitative estimate of drug-likeness (QED) is 0.757. The third kappa shape index (κ3) is 2.22. The van der Waals surface area contributed by atoms with Crippen LogP contribution in [0.4, 0.5) is 8.78 Å². The number of nitrogens with zero attached hydrogens (tertiary/aromatic N) is 1. The second-order valence-corrected chi connectivity index (χ2v) is 4.84. The molecule has 3 heteroatoms. The molecule has 0 saturated carbocycles. The number of hydrogen-bond donors (Lipinski definition) is 0. The highest BCUT2D eigenvalue weighted by Gasteiger charge is 2.29. The van der Waals surface area contributed by atoms with Crippen molar-refractivity contribution in [3.8, 4) is 0 Å². The molecular weight excluding hydrogens is 232 g/mol. The van der Waals surface area contributed by atoms with Crippen LogP contribution in [0.1, 0.15) is 44.2 Å². The molecule has 2 rings (SSSR count). The van der Waals surface area contributed by atoms with Crippen LogP contribution >= 0.6 is 0 Å². The molecule has 0 unspecified atom stereocenters. The molecule has 0 atom stereocenters. The molecule has 0 N–H and O–H groups in total. The van der Waals surface area contributed by atoms with Crippen LogP contribution in [0.25, 0.3) is 10.9 Å². The Morgan fingerprint density at radius 1 is 1.22 bits per heavy atom. The minimum atomic E-state index is -2.77. The fourth-order valence-corrected chi connectivity index (χ4v) is 2.11. The fourth-order valence-electron chi connectivity index (χ4n) is 2.11. The molecule has 0 radical (unpaired) electrons. The average molecular weight is 249 g/mol. The van der Waals surface area contributed by atoms with Crippen LogP contribution < -0.4 is 0 Å². The highest BCUT2D eigenvalue weighted by atomic mass is 19.3. The molecule has 1 aromatic carbocycles.